The number of aromatic hydroxyl groups is 1. The molecule has 0 saturated heterocycles. The van der Waals surface area contributed by atoms with Crippen molar-refractivity contribution in [3.8, 4) is 5.75 Å². The molecule has 1 aromatic rings. The molecule has 0 atom stereocenters. The van der Waals surface area contributed by atoms with E-state index in [1.807, 2.05) is 0 Å². The third-order valence-electron chi connectivity index (χ3n) is 1.32. The molecule has 0 radical (unpaired) electrons. The third kappa shape index (κ3) is 2.60. The molecule has 0 aromatic heterocycles. The molecule has 0 amide bonds. The number of aliphatic hydroxyl groups excluding tert-OH is 1. The van der Waals surface area contributed by atoms with Gasteiger partial charge in [-0.1, -0.05) is 11.6 Å². The normalized spacial score (nSPS) is 9.83. The Labute approximate surface area is 75.6 Å². The number of phenols is 1. The Morgan fingerprint density at radius 3 is 2.67 bits per heavy atom. The topological polar surface area (TPSA) is 52.5 Å². The van der Waals surface area contributed by atoms with Gasteiger partial charge in [0.25, 0.3) is 0 Å². The number of nitrogens with one attached hydrogen (secondary N) is 1. The molecule has 0 fully saturated rings. The minimum Gasteiger partial charge on any atom is -0.508 e. The van der Waals surface area contributed by atoms with Crippen LogP contribution in [-0.2, 0) is 0 Å². The van der Waals surface area contributed by atoms with Gasteiger partial charge in [0.1, 0.15) is 5.75 Å². The van der Waals surface area contributed by atoms with E-state index in [-0.39, 0.29) is 12.4 Å². The van der Waals surface area contributed by atoms with Crippen LogP contribution in [0.3, 0.4) is 0 Å². The fourth-order valence-corrected chi connectivity index (χ4v) is 1.11. The predicted octanol–water partition coefficient (Wildman–Crippen LogP) is 1.45. The molecule has 12 heavy (non-hydrogen) atoms. The summed E-state index contributed by atoms with van der Waals surface area (Å²) in [7, 11) is 0. The molecule has 4 heteroatoms. The maximum absolute atomic E-state index is 9.11. The molecule has 1 rings (SSSR count). The van der Waals surface area contributed by atoms with Crippen molar-refractivity contribution in [3.05, 3.63) is 23.2 Å². The smallest absolute Gasteiger partial charge is 0.119 e. The van der Waals surface area contributed by atoms with E-state index in [2.05, 4.69) is 5.32 Å². The van der Waals surface area contributed by atoms with Crippen LogP contribution in [0.25, 0.3) is 0 Å². The van der Waals surface area contributed by atoms with Gasteiger partial charge in [-0.05, 0) is 12.1 Å². The lowest BCUT2D eigenvalue weighted by molar-refractivity contribution is 0.311. The number of anilines is 1. The highest BCUT2D eigenvalue weighted by atomic mass is 35.5. The van der Waals surface area contributed by atoms with E-state index < -0.39 is 0 Å². The molecule has 0 aliphatic heterocycles. The number of hydrogen-bond donors (Lipinski definition) is 3. The first-order valence-corrected chi connectivity index (χ1v) is 3.94. The molecular formula is C8H10ClNO2. The van der Waals surface area contributed by atoms with Gasteiger partial charge in [0.2, 0.25) is 0 Å². The Balaban J connectivity index is 2.72. The molecule has 0 unspecified atom stereocenters. The Hall–Kier alpha value is -0.930. The zero-order valence-corrected chi connectivity index (χ0v) is 7.17. The lowest BCUT2D eigenvalue weighted by Crippen LogP contribution is -2.04. The molecule has 0 bridgehead atoms. The fraction of sp³-hybridized carbons (Fsp3) is 0.250. The molecule has 0 spiro atoms. The zero-order valence-electron chi connectivity index (χ0n) is 6.42. The van der Waals surface area contributed by atoms with Gasteiger partial charge >= 0.3 is 0 Å². The lowest BCUT2D eigenvalue weighted by atomic mass is 10.3. The third-order valence-corrected chi connectivity index (χ3v) is 1.54. The van der Waals surface area contributed by atoms with E-state index in [4.69, 9.17) is 21.8 Å². The highest BCUT2D eigenvalue weighted by molar-refractivity contribution is 6.31. The summed E-state index contributed by atoms with van der Waals surface area (Å²) in [6.07, 6.45) is 0. The number of phenolic OH excluding ortho intramolecular Hbond substituents is 1. The van der Waals surface area contributed by atoms with Crippen LogP contribution in [0.5, 0.6) is 5.75 Å². The summed E-state index contributed by atoms with van der Waals surface area (Å²) >= 11 is 5.67. The van der Waals surface area contributed by atoms with Crippen LogP contribution in [0, 0.1) is 0 Å². The van der Waals surface area contributed by atoms with E-state index in [9.17, 15) is 0 Å². The summed E-state index contributed by atoms with van der Waals surface area (Å²) in [5.74, 6) is 0.114. The molecule has 0 aliphatic carbocycles. The number of hydrogen-bond acceptors (Lipinski definition) is 3. The largest absolute Gasteiger partial charge is 0.508 e. The van der Waals surface area contributed by atoms with Gasteiger partial charge in [-0.3, -0.25) is 0 Å². The highest BCUT2D eigenvalue weighted by Gasteiger charge is 1.96. The first-order valence-electron chi connectivity index (χ1n) is 3.56. The second-order valence-electron chi connectivity index (χ2n) is 2.35. The van der Waals surface area contributed by atoms with Gasteiger partial charge in [0.05, 0.1) is 6.61 Å². The fourth-order valence-electron chi connectivity index (χ4n) is 0.876. The maximum Gasteiger partial charge on any atom is 0.119 e. The van der Waals surface area contributed by atoms with Crippen molar-refractivity contribution in [2.75, 3.05) is 18.5 Å². The Kier molecular flexibility index (Phi) is 3.19. The average Bonchev–Trinajstić information content (AvgIpc) is 1.99. The molecule has 0 aliphatic rings. The summed E-state index contributed by atoms with van der Waals surface area (Å²) in [5.41, 5.74) is 0.703. The van der Waals surface area contributed by atoms with Crippen LogP contribution in [0.2, 0.25) is 5.02 Å². The second kappa shape index (κ2) is 4.18. The summed E-state index contributed by atoms with van der Waals surface area (Å²) in [4.78, 5) is 0. The molecule has 1 aromatic carbocycles. The summed E-state index contributed by atoms with van der Waals surface area (Å²) < 4.78 is 0. The molecule has 66 valence electrons. The summed E-state index contributed by atoms with van der Waals surface area (Å²) in [6.45, 7) is 0.493. The van der Waals surface area contributed by atoms with Crippen LogP contribution in [-0.4, -0.2) is 23.4 Å². The molecule has 3 N–H and O–H groups in total. The highest BCUT2D eigenvalue weighted by Crippen LogP contribution is 2.22. The van der Waals surface area contributed by atoms with Crippen molar-refractivity contribution >= 4 is 17.3 Å². The molecular weight excluding hydrogens is 178 g/mol. The van der Waals surface area contributed by atoms with E-state index in [0.29, 0.717) is 17.3 Å². The maximum atomic E-state index is 9.11. The van der Waals surface area contributed by atoms with Crippen LogP contribution in [0.15, 0.2) is 18.2 Å². The van der Waals surface area contributed by atoms with Crippen LogP contribution in [0.4, 0.5) is 5.69 Å². The number of benzene rings is 1. The van der Waals surface area contributed by atoms with Crippen LogP contribution >= 0.6 is 11.6 Å². The standard InChI is InChI=1S/C8H10ClNO2/c9-6-3-7(10-1-2-11)5-8(12)4-6/h3-5,10-12H,1-2H2. The Bertz CT molecular complexity index is 245. The minimum absolute atomic E-state index is 0.0489. The molecule has 3 nitrogen and oxygen atoms in total. The van der Waals surface area contributed by atoms with Gasteiger partial charge in [-0.15, -0.1) is 0 Å². The SMILES string of the molecule is OCCNc1cc(O)cc(Cl)c1. The second-order valence-corrected chi connectivity index (χ2v) is 2.78. The number of aliphatic hydroxyl groups is 1. The van der Waals surface area contributed by atoms with Crippen molar-refractivity contribution < 1.29 is 10.2 Å². The zero-order chi connectivity index (χ0) is 8.97. The van der Waals surface area contributed by atoms with Gasteiger partial charge in [-0.25, -0.2) is 0 Å². The van der Waals surface area contributed by atoms with Crippen molar-refractivity contribution in [1.29, 1.82) is 0 Å². The number of rotatable bonds is 3. The van der Waals surface area contributed by atoms with E-state index in [1.165, 1.54) is 6.07 Å². The summed E-state index contributed by atoms with van der Waals surface area (Å²) in [6, 6.07) is 4.67. The van der Waals surface area contributed by atoms with Gasteiger partial charge in [-0.2, -0.15) is 0 Å². The molecule has 0 heterocycles. The van der Waals surface area contributed by atoms with E-state index >= 15 is 0 Å². The predicted molar refractivity (Wildman–Crippen MR) is 48.7 cm³/mol. The van der Waals surface area contributed by atoms with Crippen molar-refractivity contribution in [1.82, 2.24) is 0 Å². The average molecular weight is 188 g/mol. The first-order chi connectivity index (χ1) is 5.72. The van der Waals surface area contributed by atoms with Crippen LogP contribution in [0.1, 0.15) is 0 Å². The van der Waals surface area contributed by atoms with Gasteiger partial charge in [0, 0.05) is 23.3 Å². The Morgan fingerprint density at radius 2 is 2.08 bits per heavy atom. The van der Waals surface area contributed by atoms with Gasteiger partial charge in [0.15, 0.2) is 0 Å². The first kappa shape index (κ1) is 9.16. The van der Waals surface area contributed by atoms with Crippen molar-refractivity contribution in [3.63, 3.8) is 0 Å². The van der Waals surface area contributed by atoms with Crippen LogP contribution < -0.4 is 5.32 Å². The Morgan fingerprint density at radius 1 is 1.33 bits per heavy atom. The quantitative estimate of drug-likeness (QED) is 0.672. The number of halogens is 1. The lowest BCUT2D eigenvalue weighted by Gasteiger charge is -2.04. The monoisotopic (exact) mass is 187 g/mol. The van der Waals surface area contributed by atoms with Crippen molar-refractivity contribution in [2.24, 2.45) is 0 Å². The molecule has 0 saturated carbocycles. The minimum atomic E-state index is 0.0489. The van der Waals surface area contributed by atoms with Crippen molar-refractivity contribution in [2.45, 2.75) is 0 Å². The van der Waals surface area contributed by atoms with Gasteiger partial charge < -0.3 is 15.5 Å². The van der Waals surface area contributed by atoms with E-state index in [0.717, 1.165) is 0 Å². The van der Waals surface area contributed by atoms with E-state index in [1.54, 1.807) is 12.1 Å². The summed E-state index contributed by atoms with van der Waals surface area (Å²) in [5, 5.41) is 21.0.